The molecule has 0 bridgehead atoms. The number of halogens is 1. The van der Waals surface area contributed by atoms with E-state index in [4.69, 9.17) is 14.6 Å². The second-order valence-electron chi connectivity index (χ2n) is 5.17. The van der Waals surface area contributed by atoms with Crippen LogP contribution >= 0.6 is 22.6 Å². The summed E-state index contributed by atoms with van der Waals surface area (Å²) < 4.78 is 15.7. The second kappa shape index (κ2) is 8.70. The van der Waals surface area contributed by atoms with Crippen LogP contribution in [0.2, 0.25) is 0 Å². The number of carbonyl (C=O) groups excluding carboxylic acids is 3. The molecule has 1 aromatic rings. The van der Waals surface area contributed by atoms with Crippen molar-refractivity contribution < 1.29 is 38.5 Å². The third-order valence-corrected chi connectivity index (χ3v) is 4.18. The van der Waals surface area contributed by atoms with E-state index in [9.17, 15) is 19.2 Å². The fourth-order valence-electron chi connectivity index (χ4n) is 2.17. The Morgan fingerprint density at radius 2 is 2.00 bits per heavy atom. The van der Waals surface area contributed by atoms with Gasteiger partial charge < -0.3 is 24.6 Å². The van der Waals surface area contributed by atoms with Gasteiger partial charge in [0, 0.05) is 0 Å². The van der Waals surface area contributed by atoms with Gasteiger partial charge in [0.25, 0.3) is 5.91 Å². The number of carboxylic acids is 1. The topological polar surface area (TPSA) is 131 Å². The van der Waals surface area contributed by atoms with Crippen molar-refractivity contribution in [2.24, 2.45) is 0 Å². The highest BCUT2D eigenvalue weighted by atomic mass is 127. The number of nitrogens with one attached hydrogen (secondary N) is 1. The normalized spacial score (nSPS) is 14.9. The molecular weight excluding hydrogens is 475 g/mol. The van der Waals surface area contributed by atoms with E-state index in [0.717, 1.165) is 0 Å². The number of carboxylic acid groups (broad SMARTS) is 1. The monoisotopic (exact) mass is 490 g/mol. The molecule has 0 saturated carbocycles. The van der Waals surface area contributed by atoms with E-state index in [1.54, 1.807) is 12.1 Å². The molecular formula is C16H15IN2O8. The van der Waals surface area contributed by atoms with Crippen LogP contribution in [0.25, 0.3) is 6.08 Å². The molecule has 0 atom stereocenters. The van der Waals surface area contributed by atoms with Gasteiger partial charge in [0.2, 0.25) is 0 Å². The quantitative estimate of drug-likeness (QED) is 0.249. The standard InChI is InChI=1S/C16H15IN2O8/c1-25-11-5-8(3-9(17)14(11)27-7-13(22)26-2)4-10-15(23)19(6-12(20)21)16(24)18-10/h3-5H,6-7H2,1-2H3,(H,18,24)(H,20,21)/b10-4+. The molecule has 1 aliphatic rings. The Kier molecular flexibility index (Phi) is 6.60. The number of amides is 3. The molecule has 2 N–H and O–H groups in total. The Morgan fingerprint density at radius 1 is 1.30 bits per heavy atom. The minimum absolute atomic E-state index is 0.0673. The van der Waals surface area contributed by atoms with Gasteiger partial charge in [0.05, 0.1) is 17.8 Å². The van der Waals surface area contributed by atoms with Gasteiger partial charge in [0.15, 0.2) is 18.1 Å². The highest BCUT2D eigenvalue weighted by Crippen LogP contribution is 2.34. The molecule has 0 unspecified atom stereocenters. The summed E-state index contributed by atoms with van der Waals surface area (Å²) in [7, 11) is 2.65. The predicted molar refractivity (Wildman–Crippen MR) is 99.1 cm³/mol. The number of esters is 1. The van der Waals surface area contributed by atoms with Crippen molar-refractivity contribution in [2.45, 2.75) is 0 Å². The third-order valence-electron chi connectivity index (χ3n) is 3.38. The third kappa shape index (κ3) is 4.87. The molecule has 1 aromatic carbocycles. The van der Waals surface area contributed by atoms with Crippen LogP contribution in [0.1, 0.15) is 5.56 Å². The van der Waals surface area contributed by atoms with E-state index in [1.165, 1.54) is 20.3 Å². The van der Waals surface area contributed by atoms with Crippen molar-refractivity contribution in [3.05, 3.63) is 27.0 Å². The zero-order valence-electron chi connectivity index (χ0n) is 14.3. The van der Waals surface area contributed by atoms with Gasteiger partial charge in [-0.25, -0.2) is 14.5 Å². The molecule has 144 valence electrons. The van der Waals surface area contributed by atoms with Crippen molar-refractivity contribution in [2.75, 3.05) is 27.4 Å². The largest absolute Gasteiger partial charge is 0.493 e. The lowest BCUT2D eigenvalue weighted by Gasteiger charge is -2.13. The number of methoxy groups -OCH3 is 2. The number of nitrogens with zero attached hydrogens (tertiary/aromatic N) is 1. The SMILES string of the molecule is COC(=O)COc1c(I)cc(/C=C2/NC(=O)N(CC(=O)O)C2=O)cc1OC. The number of aliphatic carboxylic acids is 1. The lowest BCUT2D eigenvalue weighted by atomic mass is 10.1. The van der Waals surface area contributed by atoms with Gasteiger partial charge in [-0.3, -0.25) is 9.59 Å². The first-order valence-electron chi connectivity index (χ1n) is 7.40. The van der Waals surface area contributed by atoms with E-state index >= 15 is 0 Å². The minimum Gasteiger partial charge on any atom is -0.493 e. The van der Waals surface area contributed by atoms with Gasteiger partial charge in [-0.2, -0.15) is 0 Å². The summed E-state index contributed by atoms with van der Waals surface area (Å²) >= 11 is 1.96. The molecule has 0 aromatic heterocycles. The van der Waals surface area contributed by atoms with Gasteiger partial charge in [-0.15, -0.1) is 0 Å². The Bertz CT molecular complexity index is 836. The van der Waals surface area contributed by atoms with Crippen LogP contribution in [0.4, 0.5) is 4.79 Å². The molecule has 2 rings (SSSR count). The van der Waals surface area contributed by atoms with Crippen LogP contribution in [0.15, 0.2) is 17.8 Å². The Balaban J connectivity index is 2.29. The Hall–Kier alpha value is -2.83. The van der Waals surface area contributed by atoms with Crippen LogP contribution in [0, 0.1) is 3.57 Å². The van der Waals surface area contributed by atoms with E-state index in [2.05, 4.69) is 10.1 Å². The van der Waals surface area contributed by atoms with Crippen LogP contribution in [0.3, 0.4) is 0 Å². The average molecular weight is 490 g/mol. The summed E-state index contributed by atoms with van der Waals surface area (Å²) in [5, 5.41) is 11.1. The van der Waals surface area contributed by atoms with Crippen LogP contribution < -0.4 is 14.8 Å². The zero-order chi connectivity index (χ0) is 20.1. The number of hydrogen-bond acceptors (Lipinski definition) is 7. The summed E-state index contributed by atoms with van der Waals surface area (Å²) in [4.78, 5) is 46.5. The molecule has 3 amide bonds. The smallest absolute Gasteiger partial charge is 0.343 e. The number of benzene rings is 1. The van der Waals surface area contributed by atoms with E-state index < -0.39 is 30.4 Å². The summed E-state index contributed by atoms with van der Waals surface area (Å²) in [6.07, 6.45) is 1.39. The summed E-state index contributed by atoms with van der Waals surface area (Å²) in [6, 6.07) is 2.37. The molecule has 1 heterocycles. The van der Waals surface area contributed by atoms with E-state index in [-0.39, 0.29) is 12.3 Å². The number of carbonyl (C=O) groups is 4. The molecule has 0 spiro atoms. The van der Waals surface area contributed by atoms with Crippen LogP contribution in [-0.4, -0.2) is 61.3 Å². The maximum atomic E-state index is 12.2. The first-order chi connectivity index (χ1) is 12.8. The zero-order valence-corrected chi connectivity index (χ0v) is 16.4. The first-order valence-corrected chi connectivity index (χ1v) is 8.48. The van der Waals surface area contributed by atoms with E-state index in [0.29, 0.717) is 25.5 Å². The number of hydrogen-bond donors (Lipinski definition) is 2. The molecule has 10 nitrogen and oxygen atoms in total. The first kappa shape index (κ1) is 20.5. The molecule has 1 saturated heterocycles. The molecule has 0 aliphatic carbocycles. The minimum atomic E-state index is -1.30. The summed E-state index contributed by atoms with van der Waals surface area (Å²) in [6.45, 7) is -1.04. The highest BCUT2D eigenvalue weighted by Gasteiger charge is 2.34. The maximum Gasteiger partial charge on any atom is 0.343 e. The fraction of sp³-hybridized carbons (Fsp3) is 0.250. The fourth-order valence-corrected chi connectivity index (χ4v) is 2.95. The lowest BCUT2D eigenvalue weighted by molar-refractivity contribution is -0.143. The van der Waals surface area contributed by atoms with Gasteiger partial charge >= 0.3 is 18.0 Å². The van der Waals surface area contributed by atoms with Crippen LogP contribution in [0.5, 0.6) is 11.5 Å². The molecule has 0 radical (unpaired) electrons. The van der Waals surface area contributed by atoms with Crippen molar-refractivity contribution in [3.8, 4) is 11.5 Å². The molecule has 27 heavy (non-hydrogen) atoms. The summed E-state index contributed by atoms with van der Waals surface area (Å²) in [5.74, 6) is -1.99. The lowest BCUT2D eigenvalue weighted by Crippen LogP contribution is -2.35. The number of ether oxygens (including phenoxy) is 3. The number of urea groups is 1. The van der Waals surface area contributed by atoms with Crippen molar-refractivity contribution in [1.82, 2.24) is 10.2 Å². The second-order valence-corrected chi connectivity index (χ2v) is 6.33. The summed E-state index contributed by atoms with van der Waals surface area (Å²) in [5.41, 5.74) is 0.435. The van der Waals surface area contributed by atoms with E-state index in [1.807, 2.05) is 22.6 Å². The molecule has 11 heteroatoms. The number of imide groups is 1. The predicted octanol–water partition coefficient (Wildman–Crippen LogP) is 0.829. The van der Waals surface area contributed by atoms with Gasteiger partial charge in [-0.1, -0.05) is 0 Å². The Morgan fingerprint density at radius 3 is 2.59 bits per heavy atom. The molecule has 1 aliphatic heterocycles. The van der Waals surface area contributed by atoms with Crippen molar-refractivity contribution in [1.29, 1.82) is 0 Å². The number of rotatable bonds is 7. The van der Waals surface area contributed by atoms with Crippen LogP contribution in [-0.2, 0) is 19.1 Å². The van der Waals surface area contributed by atoms with Crippen molar-refractivity contribution in [3.63, 3.8) is 0 Å². The molecule has 1 fully saturated rings. The van der Waals surface area contributed by atoms with Gasteiger partial charge in [0.1, 0.15) is 12.2 Å². The average Bonchev–Trinajstić information content (AvgIpc) is 2.87. The maximum absolute atomic E-state index is 12.2. The van der Waals surface area contributed by atoms with Gasteiger partial charge in [-0.05, 0) is 46.4 Å². The Labute approximate surface area is 167 Å². The highest BCUT2D eigenvalue weighted by molar-refractivity contribution is 14.1. The van der Waals surface area contributed by atoms with Crippen molar-refractivity contribution >= 4 is 52.5 Å².